The topological polar surface area (TPSA) is 133 Å². The molecule has 196 valence electrons. The molecule has 10 heteroatoms. The lowest BCUT2D eigenvalue weighted by Gasteiger charge is -2.21. The number of hydrogen-bond acceptors (Lipinski definition) is 6. The molecule has 8 nitrogen and oxygen atoms in total. The third kappa shape index (κ3) is 9.93. The van der Waals surface area contributed by atoms with Crippen molar-refractivity contribution < 1.29 is 19.8 Å². The summed E-state index contributed by atoms with van der Waals surface area (Å²) in [6.45, 7) is 8.21. The molecule has 36 heavy (non-hydrogen) atoms. The first-order valence-corrected chi connectivity index (χ1v) is 13.3. The fraction of sp³-hybridized carbons (Fsp3) is 0.385. The quantitative estimate of drug-likeness (QED) is 0.354. The Labute approximate surface area is 229 Å². The van der Waals surface area contributed by atoms with Gasteiger partial charge in [-0.2, -0.15) is 0 Å². The Morgan fingerprint density at radius 3 is 1.50 bits per heavy atom. The highest BCUT2D eigenvalue weighted by Gasteiger charge is 2.20. The number of anilines is 2. The highest BCUT2D eigenvalue weighted by atomic mass is 79.9. The number of hydrogen-bond donors (Lipinski definition) is 4. The zero-order valence-electron chi connectivity index (χ0n) is 20.5. The van der Waals surface area contributed by atoms with Crippen LogP contribution in [-0.4, -0.2) is 60.4 Å². The number of carboxylic acid groups (broad SMARTS) is 2. The van der Waals surface area contributed by atoms with Crippen LogP contribution in [0.15, 0.2) is 57.5 Å². The second-order valence-corrected chi connectivity index (χ2v) is 10.7. The molecule has 6 N–H and O–H groups in total. The lowest BCUT2D eigenvalue weighted by molar-refractivity contribution is -0.134. The Kier molecular flexibility index (Phi) is 11.9. The SMILES string of the molecule is C[C@H](N)CN1CCc2ccc(Br)cc21.C[C@H](N)CN1CCc2ccc(Br)cc21.O=C(O)/C=C/C(=O)O. The highest BCUT2D eigenvalue weighted by molar-refractivity contribution is 9.10. The summed E-state index contributed by atoms with van der Waals surface area (Å²) >= 11 is 7.00. The maximum atomic E-state index is 9.55. The number of carbonyl (C=O) groups is 2. The van der Waals surface area contributed by atoms with Crippen LogP contribution >= 0.6 is 31.9 Å². The van der Waals surface area contributed by atoms with E-state index in [1.807, 2.05) is 0 Å². The first kappa shape index (κ1) is 29.8. The average Bonchev–Trinajstić information content (AvgIpc) is 3.36. The van der Waals surface area contributed by atoms with Gasteiger partial charge in [-0.25, -0.2) is 9.59 Å². The predicted molar refractivity (Wildman–Crippen MR) is 152 cm³/mol. The summed E-state index contributed by atoms with van der Waals surface area (Å²) in [6.07, 6.45) is 3.41. The van der Waals surface area contributed by atoms with Crippen LogP contribution < -0.4 is 21.3 Å². The minimum Gasteiger partial charge on any atom is -0.478 e. The normalized spacial score (nSPS) is 15.3. The third-order valence-electron chi connectivity index (χ3n) is 5.46. The molecule has 2 heterocycles. The van der Waals surface area contributed by atoms with Crippen molar-refractivity contribution >= 4 is 55.2 Å². The molecule has 2 atom stereocenters. The molecule has 0 bridgehead atoms. The number of nitrogens with two attached hydrogens (primary N) is 2. The Morgan fingerprint density at radius 2 is 1.19 bits per heavy atom. The van der Waals surface area contributed by atoms with Gasteiger partial charge in [0.15, 0.2) is 0 Å². The van der Waals surface area contributed by atoms with Crippen LogP contribution in [0.5, 0.6) is 0 Å². The monoisotopic (exact) mass is 624 g/mol. The first-order chi connectivity index (χ1) is 17.0. The third-order valence-corrected chi connectivity index (χ3v) is 6.45. The summed E-state index contributed by atoms with van der Waals surface area (Å²) in [5.74, 6) is -2.51. The summed E-state index contributed by atoms with van der Waals surface area (Å²) in [5, 5.41) is 15.6. The Bertz CT molecular complexity index is 992. The van der Waals surface area contributed by atoms with Crippen molar-refractivity contribution in [2.24, 2.45) is 11.5 Å². The van der Waals surface area contributed by atoms with Gasteiger partial charge < -0.3 is 31.5 Å². The Balaban J connectivity index is 0.000000199. The lowest BCUT2D eigenvalue weighted by atomic mass is 10.2. The van der Waals surface area contributed by atoms with Gasteiger partial charge in [0.05, 0.1) is 0 Å². The van der Waals surface area contributed by atoms with E-state index in [9.17, 15) is 9.59 Å². The summed E-state index contributed by atoms with van der Waals surface area (Å²) in [5.41, 5.74) is 17.2. The van der Waals surface area contributed by atoms with Crippen LogP contribution in [0.2, 0.25) is 0 Å². The lowest BCUT2D eigenvalue weighted by Crippen LogP contribution is -2.34. The Morgan fingerprint density at radius 1 is 0.833 bits per heavy atom. The van der Waals surface area contributed by atoms with Gasteiger partial charge in [0, 0.05) is 70.7 Å². The minimum absolute atomic E-state index is 0.236. The maximum absolute atomic E-state index is 9.55. The van der Waals surface area contributed by atoms with E-state index >= 15 is 0 Å². The van der Waals surface area contributed by atoms with Crippen LogP contribution in [0, 0.1) is 0 Å². The van der Waals surface area contributed by atoms with Gasteiger partial charge in [-0.1, -0.05) is 44.0 Å². The van der Waals surface area contributed by atoms with Crippen LogP contribution in [0.3, 0.4) is 0 Å². The Hall–Kier alpha value is -2.40. The number of aliphatic carboxylic acids is 2. The molecule has 0 aliphatic carbocycles. The summed E-state index contributed by atoms with van der Waals surface area (Å²) in [6, 6.07) is 13.4. The van der Waals surface area contributed by atoms with Gasteiger partial charge in [0.1, 0.15) is 0 Å². The second-order valence-electron chi connectivity index (χ2n) is 8.90. The number of fused-ring (bicyclic) bond motifs is 2. The highest BCUT2D eigenvalue weighted by Crippen LogP contribution is 2.31. The molecule has 0 radical (unpaired) electrons. The van der Waals surface area contributed by atoms with Crippen molar-refractivity contribution in [3.8, 4) is 0 Å². The first-order valence-electron chi connectivity index (χ1n) is 11.7. The molecule has 0 fully saturated rings. The maximum Gasteiger partial charge on any atom is 0.328 e. The number of halogens is 2. The molecule has 0 amide bonds. The van der Waals surface area contributed by atoms with Crippen molar-refractivity contribution in [3.05, 3.63) is 68.6 Å². The van der Waals surface area contributed by atoms with Crippen LogP contribution in [0.25, 0.3) is 0 Å². The second kappa shape index (κ2) is 14.4. The molecular formula is C26H34Br2N4O4. The average molecular weight is 626 g/mol. The van der Waals surface area contributed by atoms with Gasteiger partial charge in [-0.05, 0) is 62.1 Å². The minimum atomic E-state index is -1.26. The van der Waals surface area contributed by atoms with Crippen molar-refractivity contribution in [2.75, 3.05) is 36.0 Å². The molecular weight excluding hydrogens is 592 g/mol. The summed E-state index contributed by atoms with van der Waals surface area (Å²) < 4.78 is 2.29. The number of benzene rings is 2. The van der Waals surface area contributed by atoms with E-state index in [-0.39, 0.29) is 12.1 Å². The summed E-state index contributed by atoms with van der Waals surface area (Å²) in [7, 11) is 0. The number of carboxylic acids is 2. The van der Waals surface area contributed by atoms with E-state index in [2.05, 4.69) is 91.9 Å². The van der Waals surface area contributed by atoms with Crippen LogP contribution in [0.4, 0.5) is 11.4 Å². The molecule has 0 saturated heterocycles. The fourth-order valence-corrected chi connectivity index (χ4v) is 4.75. The van der Waals surface area contributed by atoms with Gasteiger partial charge in [-0.3, -0.25) is 0 Å². The van der Waals surface area contributed by atoms with E-state index in [1.54, 1.807) is 0 Å². The number of rotatable bonds is 6. The zero-order chi connectivity index (χ0) is 26.8. The molecule has 2 aromatic rings. The van der Waals surface area contributed by atoms with Gasteiger partial charge in [-0.15, -0.1) is 0 Å². The standard InChI is InChI=1S/2C11H15BrN2.C4H4O4/c2*1-8(13)7-14-5-4-9-2-3-10(12)6-11(9)14;5-3(6)1-2-4(7)8/h2*2-3,6,8H,4-5,7,13H2,1H3;1-2H,(H,5,6)(H,7,8)/b;;2-1+/t2*8-;/m00./s1. The fourth-order valence-electron chi connectivity index (χ4n) is 4.05. The number of nitrogens with zero attached hydrogens (tertiary/aromatic N) is 2. The molecule has 0 saturated carbocycles. The van der Waals surface area contributed by atoms with E-state index in [0.29, 0.717) is 12.2 Å². The van der Waals surface area contributed by atoms with Crippen molar-refractivity contribution in [1.82, 2.24) is 0 Å². The van der Waals surface area contributed by atoms with Crippen LogP contribution in [0.1, 0.15) is 25.0 Å². The van der Waals surface area contributed by atoms with Crippen LogP contribution in [-0.2, 0) is 22.4 Å². The zero-order valence-corrected chi connectivity index (χ0v) is 23.7. The molecule has 2 aliphatic heterocycles. The van der Waals surface area contributed by atoms with E-state index in [4.69, 9.17) is 21.7 Å². The molecule has 2 aromatic carbocycles. The largest absolute Gasteiger partial charge is 0.478 e. The smallest absolute Gasteiger partial charge is 0.328 e. The van der Waals surface area contributed by atoms with Gasteiger partial charge in [0.2, 0.25) is 0 Å². The predicted octanol–water partition coefficient (Wildman–Crippen LogP) is 4.03. The van der Waals surface area contributed by atoms with E-state index < -0.39 is 11.9 Å². The van der Waals surface area contributed by atoms with Crippen molar-refractivity contribution in [1.29, 1.82) is 0 Å². The molecule has 0 spiro atoms. The van der Waals surface area contributed by atoms with E-state index in [0.717, 1.165) is 48.0 Å². The van der Waals surface area contributed by atoms with Gasteiger partial charge >= 0.3 is 11.9 Å². The van der Waals surface area contributed by atoms with Crippen molar-refractivity contribution in [3.63, 3.8) is 0 Å². The molecule has 0 aromatic heterocycles. The molecule has 0 unspecified atom stereocenters. The van der Waals surface area contributed by atoms with Crippen molar-refractivity contribution in [2.45, 2.75) is 38.8 Å². The molecule has 4 rings (SSSR count). The van der Waals surface area contributed by atoms with E-state index in [1.165, 1.54) is 22.5 Å². The summed E-state index contributed by atoms with van der Waals surface area (Å²) in [4.78, 5) is 23.8. The molecule has 2 aliphatic rings. The van der Waals surface area contributed by atoms with Gasteiger partial charge in [0.25, 0.3) is 0 Å².